The molecule has 0 saturated carbocycles. The second-order valence-corrected chi connectivity index (χ2v) is 4.65. The van der Waals surface area contributed by atoms with E-state index in [1.165, 1.54) is 6.92 Å². The molecule has 80 valence electrons. The molecule has 0 saturated heterocycles. The molecule has 1 aliphatic carbocycles. The molecule has 1 aliphatic rings. The third-order valence-electron chi connectivity index (χ3n) is 2.54. The van der Waals surface area contributed by atoms with Crippen LogP contribution in [0.5, 0.6) is 0 Å². The van der Waals surface area contributed by atoms with Crippen LogP contribution in [0.2, 0.25) is 0 Å². The van der Waals surface area contributed by atoms with Gasteiger partial charge in [-0.25, -0.2) is 0 Å². The fourth-order valence-electron chi connectivity index (χ4n) is 1.86. The highest BCUT2D eigenvalue weighted by molar-refractivity contribution is 9.09. The van der Waals surface area contributed by atoms with Gasteiger partial charge in [0.05, 0.1) is 4.80 Å². The number of aryl methyl sites for hydroxylation is 1. The number of ether oxygens (including phenoxy) is 1. The molecule has 0 amide bonds. The number of hydrogen-bond donors (Lipinski definition) is 0. The molecule has 0 radical (unpaired) electrons. The van der Waals surface area contributed by atoms with E-state index in [-0.39, 0.29) is 5.97 Å². The van der Waals surface area contributed by atoms with Crippen molar-refractivity contribution in [1.82, 2.24) is 0 Å². The molecule has 0 unspecified atom stereocenters. The van der Waals surface area contributed by atoms with E-state index in [1.54, 1.807) is 0 Å². The minimum absolute atomic E-state index is 0.349. The normalized spacial score (nSPS) is 30.3. The zero-order valence-electron chi connectivity index (χ0n) is 9.50. The largest absolute Gasteiger partial charge is 0.456 e. The second kappa shape index (κ2) is 4.35. The number of alkyl halides is 1. The zero-order valence-corrected chi connectivity index (χ0v) is 10.1. The Balaban J connectivity index is 2.41. The first-order valence-corrected chi connectivity index (χ1v) is 5.74. The molecule has 3 heteroatoms. The van der Waals surface area contributed by atoms with E-state index in [4.69, 9.17) is 6.11 Å². The van der Waals surface area contributed by atoms with Gasteiger partial charge in [-0.2, -0.15) is 0 Å². The first-order valence-electron chi connectivity index (χ1n) is 5.44. The standard InChI is InChI=1S/C12H13BrO2/c1-8(14)15-12-10-5-3-2-4-9(10)6-7-11(12)13/h2-5,11-12H,6-7H2,1H3/t11-,12-/m1/s1/i11D. The fraction of sp³-hybridized carbons (Fsp3) is 0.417. The average Bonchev–Trinajstić information content (AvgIpc) is 2.22. The van der Waals surface area contributed by atoms with Crippen molar-refractivity contribution in [3.05, 3.63) is 35.4 Å². The molecule has 2 atom stereocenters. The van der Waals surface area contributed by atoms with Crippen LogP contribution in [0.15, 0.2) is 24.3 Å². The van der Waals surface area contributed by atoms with Crippen molar-refractivity contribution in [3.63, 3.8) is 0 Å². The van der Waals surface area contributed by atoms with Gasteiger partial charge in [0.15, 0.2) is 0 Å². The summed E-state index contributed by atoms with van der Waals surface area (Å²) in [6.07, 6.45) is 0.958. The maximum atomic E-state index is 11.1. The first-order chi connectivity index (χ1) is 7.50. The van der Waals surface area contributed by atoms with E-state index >= 15 is 0 Å². The maximum Gasteiger partial charge on any atom is 0.303 e. The van der Waals surface area contributed by atoms with Crippen molar-refractivity contribution in [2.75, 3.05) is 0 Å². The van der Waals surface area contributed by atoms with Crippen LogP contribution in [0.1, 0.15) is 31.9 Å². The molecule has 0 spiro atoms. The van der Waals surface area contributed by atoms with Gasteiger partial charge in [-0.1, -0.05) is 40.2 Å². The van der Waals surface area contributed by atoms with Crippen molar-refractivity contribution < 1.29 is 10.9 Å². The Morgan fingerprint density at radius 3 is 3.07 bits per heavy atom. The highest BCUT2D eigenvalue weighted by atomic mass is 79.9. The number of benzene rings is 1. The molecule has 0 aliphatic heterocycles. The lowest BCUT2D eigenvalue weighted by Crippen LogP contribution is -2.24. The quantitative estimate of drug-likeness (QED) is 0.579. The summed E-state index contributed by atoms with van der Waals surface area (Å²) in [6.45, 7) is 1.38. The molecular weight excluding hydrogens is 256 g/mol. The molecule has 0 heterocycles. The molecule has 15 heavy (non-hydrogen) atoms. The number of rotatable bonds is 1. The topological polar surface area (TPSA) is 26.3 Å². The Morgan fingerprint density at radius 2 is 2.33 bits per heavy atom. The highest BCUT2D eigenvalue weighted by Crippen LogP contribution is 2.36. The molecule has 0 fully saturated rings. The first kappa shape index (κ1) is 9.40. The second-order valence-electron chi connectivity index (χ2n) is 3.64. The molecular formula is C12H13BrO2. The van der Waals surface area contributed by atoms with Crippen molar-refractivity contribution in [3.8, 4) is 0 Å². The SMILES string of the molecule is [2H][C@@]1(Br)CCc2ccccc2[C@H]1OC(C)=O. The minimum atomic E-state index is -0.910. The Kier molecular flexibility index (Phi) is 2.73. The van der Waals surface area contributed by atoms with E-state index < -0.39 is 10.9 Å². The molecule has 0 bridgehead atoms. The molecule has 0 N–H and O–H groups in total. The van der Waals surface area contributed by atoms with E-state index in [0.29, 0.717) is 6.42 Å². The number of carbonyl (C=O) groups is 1. The molecule has 2 nitrogen and oxygen atoms in total. The minimum Gasteiger partial charge on any atom is -0.456 e. The summed E-state index contributed by atoms with van der Waals surface area (Å²) in [6, 6.07) is 7.82. The van der Waals surface area contributed by atoms with Crippen molar-refractivity contribution in [2.45, 2.75) is 30.7 Å². The molecule has 1 aromatic carbocycles. The van der Waals surface area contributed by atoms with Gasteiger partial charge < -0.3 is 4.74 Å². The van der Waals surface area contributed by atoms with Crippen molar-refractivity contribution in [1.29, 1.82) is 0 Å². The van der Waals surface area contributed by atoms with Crippen LogP contribution in [0, 0.1) is 0 Å². The van der Waals surface area contributed by atoms with E-state index in [0.717, 1.165) is 17.5 Å². The predicted octanol–water partition coefficient (Wildman–Crippen LogP) is 3.00. The van der Waals surface area contributed by atoms with Gasteiger partial charge in [-0.3, -0.25) is 4.79 Å². The maximum absolute atomic E-state index is 11.1. The van der Waals surface area contributed by atoms with E-state index in [2.05, 4.69) is 15.9 Å². The summed E-state index contributed by atoms with van der Waals surface area (Å²) in [7, 11) is 0. The van der Waals surface area contributed by atoms with Crippen LogP contribution in [0.25, 0.3) is 0 Å². The van der Waals surface area contributed by atoms with Crippen LogP contribution in [0.3, 0.4) is 0 Å². The van der Waals surface area contributed by atoms with Gasteiger partial charge in [-0.15, -0.1) is 0 Å². The lowest BCUT2D eigenvalue weighted by Gasteiger charge is -2.29. The van der Waals surface area contributed by atoms with Gasteiger partial charge in [0.25, 0.3) is 0 Å². The van der Waals surface area contributed by atoms with E-state index in [1.807, 2.05) is 24.3 Å². The van der Waals surface area contributed by atoms with E-state index in [9.17, 15) is 4.79 Å². The highest BCUT2D eigenvalue weighted by Gasteiger charge is 2.29. The smallest absolute Gasteiger partial charge is 0.303 e. The number of fused-ring (bicyclic) bond motifs is 1. The van der Waals surface area contributed by atoms with Gasteiger partial charge in [0.1, 0.15) is 6.10 Å². The number of esters is 1. The Hall–Kier alpha value is -0.830. The molecule has 0 aromatic heterocycles. The lowest BCUT2D eigenvalue weighted by molar-refractivity contribution is -0.146. The monoisotopic (exact) mass is 269 g/mol. The number of halogens is 1. The third-order valence-corrected chi connectivity index (χ3v) is 3.35. The van der Waals surface area contributed by atoms with Crippen LogP contribution in [-0.4, -0.2) is 10.8 Å². The summed E-state index contributed by atoms with van der Waals surface area (Å²) in [4.78, 5) is 10.2. The van der Waals surface area contributed by atoms with Crippen molar-refractivity contribution in [2.24, 2.45) is 0 Å². The van der Waals surface area contributed by atoms with Gasteiger partial charge in [0.2, 0.25) is 0 Å². The summed E-state index contributed by atoms with van der Waals surface area (Å²) >= 11 is 3.35. The number of hydrogen-bond acceptors (Lipinski definition) is 2. The summed E-state index contributed by atoms with van der Waals surface area (Å²) in [5.41, 5.74) is 2.10. The van der Waals surface area contributed by atoms with Crippen molar-refractivity contribution >= 4 is 21.9 Å². The molecule has 2 rings (SSSR count). The Labute approximate surface area is 99.2 Å². The Bertz CT molecular complexity index is 417. The predicted molar refractivity (Wildman–Crippen MR) is 62.0 cm³/mol. The summed E-state index contributed by atoms with van der Waals surface area (Å²) < 4.78 is 13.4. The van der Waals surface area contributed by atoms with Crippen LogP contribution >= 0.6 is 15.9 Å². The fourth-order valence-corrected chi connectivity index (χ4v) is 2.40. The zero-order chi connectivity index (χ0) is 11.8. The average molecular weight is 270 g/mol. The summed E-state index contributed by atoms with van der Waals surface area (Å²) in [5, 5.41) is 0. The lowest BCUT2D eigenvalue weighted by atomic mass is 9.89. The molecule has 1 aromatic rings. The van der Waals surface area contributed by atoms with Crippen LogP contribution < -0.4 is 0 Å². The van der Waals surface area contributed by atoms with Gasteiger partial charge in [-0.05, 0) is 24.0 Å². The van der Waals surface area contributed by atoms with Crippen LogP contribution in [0.4, 0.5) is 0 Å². The van der Waals surface area contributed by atoms with Crippen LogP contribution in [-0.2, 0) is 16.0 Å². The third kappa shape index (κ3) is 2.23. The summed E-state index contributed by atoms with van der Waals surface area (Å²) in [5.74, 6) is -0.349. The van der Waals surface area contributed by atoms with Gasteiger partial charge >= 0.3 is 5.97 Å². The van der Waals surface area contributed by atoms with Gasteiger partial charge in [0, 0.05) is 8.29 Å². The number of carbonyl (C=O) groups excluding carboxylic acids is 1. The Morgan fingerprint density at radius 1 is 1.60 bits per heavy atom.